The topological polar surface area (TPSA) is 38.7 Å². The first-order valence-corrected chi connectivity index (χ1v) is 7.00. The molecule has 2 aromatic rings. The van der Waals surface area contributed by atoms with Crippen LogP contribution in [0, 0.1) is 0 Å². The molecule has 5 heteroatoms. The molecule has 0 radical (unpaired) electrons. The fourth-order valence-corrected chi connectivity index (χ4v) is 2.75. The van der Waals surface area contributed by atoms with Gasteiger partial charge in [-0.3, -0.25) is 4.98 Å². The molecule has 0 atom stereocenters. The van der Waals surface area contributed by atoms with Crippen LogP contribution in [-0.2, 0) is 6.42 Å². The van der Waals surface area contributed by atoms with E-state index in [4.69, 9.17) is 0 Å². The van der Waals surface area contributed by atoms with Crippen LogP contribution in [0.4, 0.5) is 0 Å². The van der Waals surface area contributed by atoms with Crippen LogP contribution in [0.3, 0.4) is 0 Å². The van der Waals surface area contributed by atoms with Gasteiger partial charge in [-0.25, -0.2) is 9.97 Å². The largest absolute Gasteiger partial charge is 0.265 e. The zero-order valence-corrected chi connectivity index (χ0v) is 11.8. The highest BCUT2D eigenvalue weighted by Crippen LogP contribution is 2.26. The summed E-state index contributed by atoms with van der Waals surface area (Å²) in [6.45, 7) is 2.12. The maximum Gasteiger partial charge on any atom is 0.130 e. The van der Waals surface area contributed by atoms with Crippen LogP contribution in [0.15, 0.2) is 45.1 Å². The molecular weight excluding hydrogens is 298 g/mol. The van der Waals surface area contributed by atoms with Crippen molar-refractivity contribution < 1.29 is 0 Å². The quantitative estimate of drug-likeness (QED) is 0.807. The summed E-state index contributed by atoms with van der Waals surface area (Å²) in [7, 11) is 0. The predicted octanol–water partition coefficient (Wildman–Crippen LogP) is 3.74. The Balaban J connectivity index is 2.21. The second-order valence-electron chi connectivity index (χ2n) is 3.48. The van der Waals surface area contributed by atoms with E-state index in [2.05, 4.69) is 37.8 Å². The van der Waals surface area contributed by atoms with Gasteiger partial charge >= 0.3 is 0 Å². The summed E-state index contributed by atoms with van der Waals surface area (Å²) >= 11 is 5.04. The molecule has 0 spiro atoms. The molecule has 0 aromatic carbocycles. The molecule has 0 saturated heterocycles. The molecule has 3 nitrogen and oxygen atoms in total. The van der Waals surface area contributed by atoms with E-state index < -0.39 is 0 Å². The van der Waals surface area contributed by atoms with Gasteiger partial charge in [-0.1, -0.05) is 18.7 Å². The Morgan fingerprint density at radius 1 is 1.24 bits per heavy atom. The summed E-state index contributed by atoms with van der Waals surface area (Å²) in [6.07, 6.45) is 5.52. The van der Waals surface area contributed by atoms with Crippen molar-refractivity contribution in [3.63, 3.8) is 0 Å². The van der Waals surface area contributed by atoms with Crippen LogP contribution < -0.4 is 0 Å². The molecule has 2 aromatic heterocycles. The normalized spacial score (nSPS) is 10.5. The Labute approximate surface area is 113 Å². The Morgan fingerprint density at radius 3 is 2.71 bits per heavy atom. The first kappa shape index (κ1) is 12.5. The van der Waals surface area contributed by atoms with Crippen molar-refractivity contribution >= 4 is 27.7 Å². The van der Waals surface area contributed by atoms with E-state index >= 15 is 0 Å². The second kappa shape index (κ2) is 6.12. The molecular formula is C12H12BrN3S. The minimum absolute atomic E-state index is 0.840. The molecule has 0 N–H and O–H groups in total. The minimum atomic E-state index is 0.840. The molecule has 17 heavy (non-hydrogen) atoms. The van der Waals surface area contributed by atoms with Crippen molar-refractivity contribution in [2.45, 2.75) is 29.7 Å². The van der Waals surface area contributed by atoms with Gasteiger partial charge in [-0.2, -0.15) is 0 Å². The number of halogens is 1. The lowest BCUT2D eigenvalue weighted by atomic mass is 10.3. The minimum Gasteiger partial charge on any atom is -0.265 e. The molecule has 0 aliphatic heterocycles. The van der Waals surface area contributed by atoms with E-state index in [0.29, 0.717) is 0 Å². The van der Waals surface area contributed by atoms with Gasteiger partial charge in [0.15, 0.2) is 0 Å². The standard InChI is InChI=1S/C12H12BrN3S/c1-2-3-11-15-10(13)8-12(16-11)17-9-4-6-14-7-5-9/h4-8H,2-3H2,1H3. The maximum absolute atomic E-state index is 4.52. The van der Waals surface area contributed by atoms with Gasteiger partial charge in [0.25, 0.3) is 0 Å². The average molecular weight is 310 g/mol. The lowest BCUT2D eigenvalue weighted by Gasteiger charge is -2.04. The third kappa shape index (κ3) is 3.78. The third-order valence-electron chi connectivity index (χ3n) is 2.06. The molecule has 0 amide bonds. The van der Waals surface area contributed by atoms with Gasteiger partial charge in [0.1, 0.15) is 15.5 Å². The SMILES string of the molecule is CCCc1nc(Br)cc(Sc2ccncc2)n1. The maximum atomic E-state index is 4.52. The molecule has 0 aliphatic rings. The number of hydrogen-bond donors (Lipinski definition) is 0. The fraction of sp³-hybridized carbons (Fsp3) is 0.250. The Hall–Kier alpha value is -0.940. The number of nitrogens with zero attached hydrogens (tertiary/aromatic N) is 3. The summed E-state index contributed by atoms with van der Waals surface area (Å²) in [6, 6.07) is 5.88. The van der Waals surface area contributed by atoms with Crippen molar-refractivity contribution in [3.05, 3.63) is 41.0 Å². The van der Waals surface area contributed by atoms with Gasteiger partial charge in [0.2, 0.25) is 0 Å². The number of pyridine rings is 1. The molecule has 0 fully saturated rings. The van der Waals surface area contributed by atoms with Gasteiger partial charge in [0.05, 0.1) is 0 Å². The first-order valence-electron chi connectivity index (χ1n) is 5.39. The zero-order chi connectivity index (χ0) is 12.1. The van der Waals surface area contributed by atoms with Crippen LogP contribution in [-0.4, -0.2) is 15.0 Å². The molecule has 0 aliphatic carbocycles. The van der Waals surface area contributed by atoms with E-state index in [-0.39, 0.29) is 0 Å². The third-order valence-corrected chi connectivity index (χ3v) is 3.40. The van der Waals surface area contributed by atoms with Crippen molar-refractivity contribution in [2.75, 3.05) is 0 Å². The Kier molecular flexibility index (Phi) is 4.50. The smallest absolute Gasteiger partial charge is 0.130 e. The van der Waals surface area contributed by atoms with Crippen molar-refractivity contribution in [1.82, 2.24) is 15.0 Å². The number of hydrogen-bond acceptors (Lipinski definition) is 4. The molecule has 2 rings (SSSR count). The van der Waals surface area contributed by atoms with Crippen LogP contribution >= 0.6 is 27.7 Å². The van der Waals surface area contributed by atoms with Gasteiger partial charge in [-0.05, 0) is 34.5 Å². The molecule has 2 heterocycles. The zero-order valence-electron chi connectivity index (χ0n) is 9.43. The van der Waals surface area contributed by atoms with Crippen molar-refractivity contribution in [1.29, 1.82) is 0 Å². The average Bonchev–Trinajstić information content (AvgIpc) is 2.30. The van der Waals surface area contributed by atoms with Gasteiger partial charge in [0, 0.05) is 29.8 Å². The lowest BCUT2D eigenvalue weighted by molar-refractivity contribution is 0.803. The first-order chi connectivity index (χ1) is 8.28. The van der Waals surface area contributed by atoms with E-state index in [1.54, 1.807) is 24.2 Å². The van der Waals surface area contributed by atoms with E-state index in [9.17, 15) is 0 Å². The molecule has 88 valence electrons. The van der Waals surface area contributed by atoms with Crippen LogP contribution in [0.25, 0.3) is 0 Å². The summed E-state index contributed by atoms with van der Waals surface area (Å²) in [4.78, 5) is 14.0. The number of rotatable bonds is 4. The van der Waals surface area contributed by atoms with Gasteiger partial charge in [-0.15, -0.1) is 0 Å². The van der Waals surface area contributed by atoms with Gasteiger partial charge < -0.3 is 0 Å². The van der Waals surface area contributed by atoms with E-state index in [0.717, 1.165) is 33.2 Å². The summed E-state index contributed by atoms with van der Waals surface area (Å²) in [5.41, 5.74) is 0. The highest BCUT2D eigenvalue weighted by atomic mass is 79.9. The monoisotopic (exact) mass is 309 g/mol. The summed E-state index contributed by atoms with van der Waals surface area (Å²) in [5.74, 6) is 0.887. The van der Waals surface area contributed by atoms with Crippen LogP contribution in [0.5, 0.6) is 0 Å². The molecule has 0 unspecified atom stereocenters. The lowest BCUT2D eigenvalue weighted by Crippen LogP contribution is -1.96. The Bertz CT molecular complexity index is 490. The number of aryl methyl sites for hydroxylation is 1. The van der Waals surface area contributed by atoms with Crippen LogP contribution in [0.1, 0.15) is 19.2 Å². The Morgan fingerprint density at radius 2 is 2.00 bits per heavy atom. The second-order valence-corrected chi connectivity index (χ2v) is 5.39. The summed E-state index contributed by atoms with van der Waals surface area (Å²) in [5, 5.41) is 0.960. The van der Waals surface area contributed by atoms with E-state index in [1.807, 2.05) is 18.2 Å². The van der Waals surface area contributed by atoms with Crippen LogP contribution in [0.2, 0.25) is 0 Å². The van der Waals surface area contributed by atoms with Crippen molar-refractivity contribution in [2.24, 2.45) is 0 Å². The highest BCUT2D eigenvalue weighted by Gasteiger charge is 2.04. The molecule has 0 bridgehead atoms. The molecule has 0 saturated carbocycles. The van der Waals surface area contributed by atoms with E-state index in [1.165, 1.54) is 0 Å². The fourth-order valence-electron chi connectivity index (χ4n) is 1.36. The number of aromatic nitrogens is 3. The summed E-state index contributed by atoms with van der Waals surface area (Å²) < 4.78 is 0.840. The predicted molar refractivity (Wildman–Crippen MR) is 72.1 cm³/mol. The highest BCUT2D eigenvalue weighted by molar-refractivity contribution is 9.10. The van der Waals surface area contributed by atoms with Crippen molar-refractivity contribution in [3.8, 4) is 0 Å².